The van der Waals surface area contributed by atoms with E-state index >= 15 is 0 Å². The number of hydrogen-bond acceptors (Lipinski definition) is 5. The van der Waals surface area contributed by atoms with Crippen molar-refractivity contribution in [3.8, 4) is 0 Å². The fraction of sp³-hybridized carbons (Fsp3) is 0.769. The molecule has 5 N–H and O–H groups in total. The summed E-state index contributed by atoms with van der Waals surface area (Å²) in [5, 5.41) is 14.8. The number of primary amides is 1. The van der Waals surface area contributed by atoms with Crippen LogP contribution in [-0.4, -0.2) is 65.5 Å². The number of piperazine rings is 1. The van der Waals surface area contributed by atoms with Gasteiger partial charge in [-0.25, -0.2) is 4.79 Å². The third-order valence-electron chi connectivity index (χ3n) is 3.75. The van der Waals surface area contributed by atoms with Gasteiger partial charge >= 0.3 is 5.97 Å². The lowest BCUT2D eigenvalue weighted by atomic mass is 9.99. The van der Waals surface area contributed by atoms with E-state index in [0.717, 1.165) is 26.2 Å². The van der Waals surface area contributed by atoms with Crippen LogP contribution in [0.2, 0.25) is 0 Å². The quantitative estimate of drug-likeness (QED) is 0.454. The van der Waals surface area contributed by atoms with Crippen LogP contribution in [0.1, 0.15) is 26.7 Å². The van der Waals surface area contributed by atoms with Crippen LogP contribution in [0.5, 0.6) is 0 Å². The maximum absolute atomic E-state index is 12.4. The van der Waals surface area contributed by atoms with Crippen molar-refractivity contribution in [3.05, 3.63) is 0 Å². The van der Waals surface area contributed by atoms with Gasteiger partial charge in [0.25, 0.3) is 0 Å². The van der Waals surface area contributed by atoms with Gasteiger partial charge in [-0.05, 0) is 20.3 Å². The van der Waals surface area contributed by atoms with Crippen LogP contribution in [0.25, 0.3) is 0 Å². The van der Waals surface area contributed by atoms with Gasteiger partial charge in [-0.2, -0.15) is 0 Å². The standard InChI is InChI=1S/C13H24N4O4/c1-13(2,17-7-5-15-6-8-17)12(21)16-9(11(19)20)3-4-10(14)18/h9,15H,3-8H2,1-2H3,(H2,14,18)(H,16,21)(H,19,20)/t9-/m0/s1. The summed E-state index contributed by atoms with van der Waals surface area (Å²) in [4.78, 5) is 36.3. The first-order valence-electron chi connectivity index (χ1n) is 7.03. The van der Waals surface area contributed by atoms with E-state index in [4.69, 9.17) is 10.8 Å². The first-order chi connectivity index (χ1) is 9.75. The molecule has 1 saturated heterocycles. The summed E-state index contributed by atoms with van der Waals surface area (Å²) in [6.07, 6.45) is -0.0840. The molecule has 1 aliphatic rings. The van der Waals surface area contributed by atoms with Crippen molar-refractivity contribution in [2.75, 3.05) is 26.2 Å². The predicted octanol–water partition coefficient (Wildman–Crippen LogP) is -1.49. The fourth-order valence-electron chi connectivity index (χ4n) is 2.25. The van der Waals surface area contributed by atoms with Gasteiger partial charge < -0.3 is 21.5 Å². The molecule has 2 amide bonds. The molecule has 1 aliphatic heterocycles. The topological polar surface area (TPSA) is 125 Å². The van der Waals surface area contributed by atoms with Crippen molar-refractivity contribution < 1.29 is 19.5 Å². The van der Waals surface area contributed by atoms with E-state index in [-0.39, 0.29) is 18.7 Å². The Labute approximate surface area is 124 Å². The molecule has 0 bridgehead atoms. The molecule has 0 aromatic carbocycles. The number of rotatable bonds is 7. The molecule has 1 atom stereocenters. The second-order valence-electron chi connectivity index (χ2n) is 5.67. The Morgan fingerprint density at radius 1 is 1.33 bits per heavy atom. The maximum Gasteiger partial charge on any atom is 0.326 e. The number of nitrogens with two attached hydrogens (primary N) is 1. The second kappa shape index (κ2) is 7.37. The Bertz CT molecular complexity index is 405. The second-order valence-corrected chi connectivity index (χ2v) is 5.67. The highest BCUT2D eigenvalue weighted by Crippen LogP contribution is 2.16. The van der Waals surface area contributed by atoms with Crippen LogP contribution in [0, 0.1) is 0 Å². The molecule has 0 aromatic rings. The molecule has 0 aromatic heterocycles. The third-order valence-corrected chi connectivity index (χ3v) is 3.75. The van der Waals surface area contributed by atoms with Gasteiger partial charge in [0, 0.05) is 32.6 Å². The fourth-order valence-corrected chi connectivity index (χ4v) is 2.25. The molecular formula is C13H24N4O4. The number of carbonyl (C=O) groups is 3. The molecule has 0 unspecified atom stereocenters. The van der Waals surface area contributed by atoms with E-state index in [9.17, 15) is 14.4 Å². The van der Waals surface area contributed by atoms with Gasteiger partial charge in [-0.3, -0.25) is 14.5 Å². The number of nitrogens with zero attached hydrogens (tertiary/aromatic N) is 1. The van der Waals surface area contributed by atoms with E-state index in [1.807, 2.05) is 4.90 Å². The molecular weight excluding hydrogens is 276 g/mol. The highest BCUT2D eigenvalue weighted by molar-refractivity contribution is 5.89. The summed E-state index contributed by atoms with van der Waals surface area (Å²) in [6, 6.07) is -1.10. The van der Waals surface area contributed by atoms with Crippen molar-refractivity contribution >= 4 is 17.8 Å². The van der Waals surface area contributed by atoms with Crippen LogP contribution >= 0.6 is 0 Å². The van der Waals surface area contributed by atoms with E-state index < -0.39 is 23.5 Å². The van der Waals surface area contributed by atoms with Gasteiger partial charge in [-0.15, -0.1) is 0 Å². The van der Waals surface area contributed by atoms with E-state index in [1.54, 1.807) is 13.8 Å². The van der Waals surface area contributed by atoms with Crippen LogP contribution < -0.4 is 16.4 Å². The average Bonchev–Trinajstić information content (AvgIpc) is 2.43. The van der Waals surface area contributed by atoms with Gasteiger partial charge in [0.2, 0.25) is 11.8 Å². The molecule has 8 nitrogen and oxygen atoms in total. The molecule has 1 fully saturated rings. The molecule has 8 heteroatoms. The lowest BCUT2D eigenvalue weighted by Gasteiger charge is -2.40. The number of carboxylic acid groups (broad SMARTS) is 1. The minimum Gasteiger partial charge on any atom is -0.480 e. The highest BCUT2D eigenvalue weighted by Gasteiger charge is 2.37. The minimum absolute atomic E-state index is 0.00591. The zero-order chi connectivity index (χ0) is 16.0. The summed E-state index contributed by atoms with van der Waals surface area (Å²) in [5.74, 6) is -2.11. The largest absolute Gasteiger partial charge is 0.480 e. The maximum atomic E-state index is 12.4. The zero-order valence-corrected chi connectivity index (χ0v) is 12.5. The predicted molar refractivity (Wildman–Crippen MR) is 76.5 cm³/mol. The molecule has 0 aliphatic carbocycles. The number of amides is 2. The van der Waals surface area contributed by atoms with Gasteiger partial charge in [0.05, 0.1) is 5.54 Å². The minimum atomic E-state index is -1.17. The van der Waals surface area contributed by atoms with E-state index in [2.05, 4.69) is 10.6 Å². The summed E-state index contributed by atoms with van der Waals surface area (Å²) in [6.45, 7) is 6.56. The first kappa shape index (κ1) is 17.4. The highest BCUT2D eigenvalue weighted by atomic mass is 16.4. The Balaban J connectivity index is 2.66. The lowest BCUT2D eigenvalue weighted by Crippen LogP contribution is -2.61. The Morgan fingerprint density at radius 2 is 1.90 bits per heavy atom. The normalized spacial score (nSPS) is 18.0. The van der Waals surface area contributed by atoms with Crippen molar-refractivity contribution in [1.82, 2.24) is 15.5 Å². The average molecular weight is 300 g/mol. The Kier molecular flexibility index (Phi) is 6.10. The first-order valence-corrected chi connectivity index (χ1v) is 7.03. The van der Waals surface area contributed by atoms with E-state index in [1.165, 1.54) is 0 Å². The lowest BCUT2D eigenvalue weighted by molar-refractivity contribution is -0.144. The van der Waals surface area contributed by atoms with Crippen LogP contribution in [0.15, 0.2) is 0 Å². The van der Waals surface area contributed by atoms with Crippen molar-refractivity contribution in [2.45, 2.75) is 38.3 Å². The van der Waals surface area contributed by atoms with Crippen molar-refractivity contribution in [1.29, 1.82) is 0 Å². The number of carbonyl (C=O) groups excluding carboxylic acids is 2. The molecule has 120 valence electrons. The summed E-state index contributed by atoms with van der Waals surface area (Å²) >= 11 is 0. The summed E-state index contributed by atoms with van der Waals surface area (Å²) < 4.78 is 0. The Morgan fingerprint density at radius 3 is 2.38 bits per heavy atom. The van der Waals surface area contributed by atoms with Crippen molar-refractivity contribution in [2.24, 2.45) is 5.73 Å². The van der Waals surface area contributed by atoms with Gasteiger partial charge in [0.15, 0.2) is 0 Å². The molecule has 21 heavy (non-hydrogen) atoms. The zero-order valence-electron chi connectivity index (χ0n) is 12.5. The number of carboxylic acids is 1. The number of hydrogen-bond donors (Lipinski definition) is 4. The van der Waals surface area contributed by atoms with Crippen LogP contribution in [0.4, 0.5) is 0 Å². The van der Waals surface area contributed by atoms with E-state index in [0.29, 0.717) is 0 Å². The smallest absolute Gasteiger partial charge is 0.326 e. The van der Waals surface area contributed by atoms with Gasteiger partial charge in [0.1, 0.15) is 6.04 Å². The monoisotopic (exact) mass is 300 g/mol. The SMILES string of the molecule is CC(C)(C(=O)N[C@@H](CCC(N)=O)C(=O)O)N1CCNCC1. The van der Waals surface area contributed by atoms with Crippen LogP contribution in [-0.2, 0) is 14.4 Å². The number of aliphatic carboxylic acids is 1. The van der Waals surface area contributed by atoms with Crippen LogP contribution in [0.3, 0.4) is 0 Å². The summed E-state index contributed by atoms with van der Waals surface area (Å²) in [7, 11) is 0. The van der Waals surface area contributed by atoms with Gasteiger partial charge in [-0.1, -0.05) is 0 Å². The summed E-state index contributed by atoms with van der Waals surface area (Å²) in [5.41, 5.74) is 4.21. The number of nitrogens with one attached hydrogen (secondary N) is 2. The third kappa shape index (κ3) is 4.98. The Hall–Kier alpha value is -1.67. The molecule has 0 radical (unpaired) electrons. The molecule has 0 spiro atoms. The molecule has 0 saturated carbocycles. The molecule has 1 rings (SSSR count). The van der Waals surface area contributed by atoms with Crippen molar-refractivity contribution in [3.63, 3.8) is 0 Å². The molecule has 1 heterocycles.